The Morgan fingerprint density at radius 2 is 1.82 bits per heavy atom. The number of sulfonamides is 1. The summed E-state index contributed by atoms with van der Waals surface area (Å²) in [5.74, 6) is 0.118. The summed E-state index contributed by atoms with van der Waals surface area (Å²) in [6, 6.07) is 10.2. The molecule has 0 bridgehead atoms. The molecule has 0 aromatic heterocycles. The molecule has 1 heterocycles. The lowest BCUT2D eigenvalue weighted by Gasteiger charge is -2.06. The second kappa shape index (κ2) is 5.08. The molecule has 2 aromatic carbocycles. The number of amidine groups is 1. The number of nitro benzene ring substituents is 1. The van der Waals surface area contributed by atoms with Crippen molar-refractivity contribution in [2.75, 3.05) is 5.32 Å². The van der Waals surface area contributed by atoms with Crippen LogP contribution < -0.4 is 5.32 Å². The zero-order valence-corrected chi connectivity index (χ0v) is 12.4. The number of hydrogen-bond acceptors (Lipinski definition) is 5. The van der Waals surface area contributed by atoms with Crippen LogP contribution in [0.1, 0.15) is 5.56 Å². The third-order valence-corrected chi connectivity index (χ3v) is 4.60. The monoisotopic (exact) mass is 337 g/mol. The molecule has 0 aliphatic carbocycles. The highest BCUT2D eigenvalue weighted by molar-refractivity contribution is 7.90. The Balaban J connectivity index is 2.02. The van der Waals surface area contributed by atoms with E-state index in [0.29, 0.717) is 16.3 Å². The topological polar surface area (TPSA) is 102 Å². The van der Waals surface area contributed by atoms with E-state index in [1.54, 1.807) is 24.3 Å². The Bertz CT molecular complexity index is 907. The molecule has 0 saturated carbocycles. The van der Waals surface area contributed by atoms with Gasteiger partial charge in [0.15, 0.2) is 5.84 Å². The summed E-state index contributed by atoms with van der Waals surface area (Å²) in [5, 5.41) is 14.2. The molecule has 2 aromatic rings. The molecule has 0 amide bonds. The third-order valence-electron chi connectivity index (χ3n) is 3.03. The average molecular weight is 338 g/mol. The zero-order chi connectivity index (χ0) is 15.9. The Morgan fingerprint density at radius 3 is 2.45 bits per heavy atom. The first-order valence-electron chi connectivity index (χ1n) is 6.03. The van der Waals surface area contributed by atoms with E-state index in [1.165, 1.54) is 12.1 Å². The van der Waals surface area contributed by atoms with Crippen LogP contribution in [-0.2, 0) is 10.0 Å². The Kier molecular flexibility index (Phi) is 3.34. The molecular weight excluding hydrogens is 330 g/mol. The van der Waals surface area contributed by atoms with Crippen molar-refractivity contribution in [1.29, 1.82) is 0 Å². The van der Waals surface area contributed by atoms with E-state index < -0.39 is 14.9 Å². The van der Waals surface area contributed by atoms with Crippen molar-refractivity contribution in [2.24, 2.45) is 4.40 Å². The Hall–Kier alpha value is -2.45. The fraction of sp³-hybridized carbons (Fsp3) is 0. The molecule has 1 aliphatic heterocycles. The fourth-order valence-corrected chi connectivity index (χ4v) is 3.33. The van der Waals surface area contributed by atoms with E-state index in [4.69, 9.17) is 11.6 Å². The normalized spacial score (nSPS) is 15.0. The van der Waals surface area contributed by atoms with Gasteiger partial charge in [0.25, 0.3) is 15.7 Å². The van der Waals surface area contributed by atoms with Crippen molar-refractivity contribution in [3.8, 4) is 0 Å². The lowest BCUT2D eigenvalue weighted by atomic mass is 10.2. The molecule has 3 rings (SSSR count). The highest BCUT2D eigenvalue weighted by atomic mass is 35.5. The Labute approximate surface area is 130 Å². The molecule has 1 N–H and O–H groups in total. The number of nitrogens with zero attached hydrogens (tertiary/aromatic N) is 2. The second-order valence-electron chi connectivity index (χ2n) is 4.48. The molecule has 7 nitrogen and oxygen atoms in total. The van der Waals surface area contributed by atoms with Gasteiger partial charge in [0, 0.05) is 28.4 Å². The maximum absolute atomic E-state index is 12.0. The number of fused-ring (bicyclic) bond motifs is 1. The van der Waals surface area contributed by atoms with Gasteiger partial charge in [0.1, 0.15) is 4.90 Å². The summed E-state index contributed by atoms with van der Waals surface area (Å²) in [5.41, 5.74) is 0.593. The smallest absolute Gasteiger partial charge is 0.285 e. The van der Waals surface area contributed by atoms with Crippen molar-refractivity contribution in [3.05, 3.63) is 63.2 Å². The first kappa shape index (κ1) is 14.5. The molecule has 0 saturated heterocycles. The van der Waals surface area contributed by atoms with Crippen LogP contribution in [0, 0.1) is 10.1 Å². The van der Waals surface area contributed by atoms with Crippen molar-refractivity contribution in [2.45, 2.75) is 4.90 Å². The lowest BCUT2D eigenvalue weighted by Crippen LogP contribution is -2.11. The predicted octanol–water partition coefficient (Wildman–Crippen LogP) is 2.81. The summed E-state index contributed by atoms with van der Waals surface area (Å²) >= 11 is 5.78. The van der Waals surface area contributed by atoms with Gasteiger partial charge in [-0.1, -0.05) is 11.6 Å². The first-order chi connectivity index (χ1) is 10.4. The molecule has 0 spiro atoms. The van der Waals surface area contributed by atoms with Crippen molar-refractivity contribution < 1.29 is 13.3 Å². The van der Waals surface area contributed by atoms with Gasteiger partial charge >= 0.3 is 0 Å². The van der Waals surface area contributed by atoms with Gasteiger partial charge in [-0.05, 0) is 30.3 Å². The molecule has 9 heteroatoms. The highest BCUT2D eigenvalue weighted by Crippen LogP contribution is 2.30. The van der Waals surface area contributed by atoms with Crippen LogP contribution in [0.2, 0.25) is 5.02 Å². The summed E-state index contributed by atoms with van der Waals surface area (Å²) < 4.78 is 27.7. The number of anilines is 1. The first-order valence-corrected chi connectivity index (χ1v) is 7.85. The van der Waals surface area contributed by atoms with Crippen LogP contribution in [0.4, 0.5) is 11.4 Å². The van der Waals surface area contributed by atoms with E-state index in [-0.39, 0.29) is 16.4 Å². The second-order valence-corrected chi connectivity index (χ2v) is 6.49. The molecule has 0 radical (unpaired) electrons. The van der Waals surface area contributed by atoms with Crippen molar-refractivity contribution >= 4 is 38.8 Å². The summed E-state index contributed by atoms with van der Waals surface area (Å²) in [4.78, 5) is 9.93. The van der Waals surface area contributed by atoms with Crippen LogP contribution in [0.25, 0.3) is 0 Å². The SMILES string of the molecule is O=[N+]([O-])c1ccc2c(c1)S(=O)(=O)N=C2Nc1ccc(Cl)cc1. The van der Waals surface area contributed by atoms with Crippen LogP contribution in [0.5, 0.6) is 0 Å². The number of hydrogen-bond donors (Lipinski definition) is 1. The van der Waals surface area contributed by atoms with Gasteiger partial charge in [0.2, 0.25) is 0 Å². The van der Waals surface area contributed by atoms with E-state index in [0.717, 1.165) is 6.07 Å². The molecule has 112 valence electrons. The summed E-state index contributed by atoms with van der Waals surface area (Å²) in [7, 11) is -3.94. The predicted molar refractivity (Wildman–Crippen MR) is 81.9 cm³/mol. The summed E-state index contributed by atoms with van der Waals surface area (Å²) in [6.45, 7) is 0. The van der Waals surface area contributed by atoms with Gasteiger partial charge in [0.05, 0.1) is 4.92 Å². The number of rotatable bonds is 2. The zero-order valence-electron chi connectivity index (χ0n) is 10.9. The van der Waals surface area contributed by atoms with Crippen molar-refractivity contribution in [1.82, 2.24) is 0 Å². The minimum Gasteiger partial charge on any atom is -0.339 e. The summed E-state index contributed by atoms with van der Waals surface area (Å²) in [6.07, 6.45) is 0. The maximum atomic E-state index is 12.0. The number of non-ortho nitro benzene ring substituents is 1. The number of benzene rings is 2. The minimum absolute atomic E-state index is 0.118. The minimum atomic E-state index is -3.94. The third kappa shape index (κ3) is 2.53. The van der Waals surface area contributed by atoms with Crippen LogP contribution in [0.3, 0.4) is 0 Å². The van der Waals surface area contributed by atoms with Gasteiger partial charge in [-0.2, -0.15) is 8.42 Å². The van der Waals surface area contributed by atoms with Gasteiger partial charge < -0.3 is 5.32 Å². The lowest BCUT2D eigenvalue weighted by molar-refractivity contribution is -0.385. The highest BCUT2D eigenvalue weighted by Gasteiger charge is 2.31. The molecule has 0 unspecified atom stereocenters. The van der Waals surface area contributed by atoms with Gasteiger partial charge in [-0.25, -0.2) is 0 Å². The number of nitro groups is 1. The molecule has 1 aliphatic rings. The maximum Gasteiger partial charge on any atom is 0.285 e. The van der Waals surface area contributed by atoms with E-state index in [1.807, 2.05) is 0 Å². The van der Waals surface area contributed by atoms with E-state index in [9.17, 15) is 18.5 Å². The number of nitrogens with one attached hydrogen (secondary N) is 1. The van der Waals surface area contributed by atoms with Crippen LogP contribution >= 0.6 is 11.6 Å². The van der Waals surface area contributed by atoms with Crippen LogP contribution in [0.15, 0.2) is 51.8 Å². The number of halogens is 1. The quantitative estimate of drug-likeness (QED) is 0.670. The largest absolute Gasteiger partial charge is 0.339 e. The molecule has 22 heavy (non-hydrogen) atoms. The molecule has 0 fully saturated rings. The van der Waals surface area contributed by atoms with E-state index in [2.05, 4.69) is 9.71 Å². The van der Waals surface area contributed by atoms with Gasteiger partial charge in [-0.15, -0.1) is 4.40 Å². The van der Waals surface area contributed by atoms with Crippen molar-refractivity contribution in [3.63, 3.8) is 0 Å². The molecular formula is C13H8ClN3O4S. The van der Waals surface area contributed by atoms with Crippen LogP contribution in [-0.4, -0.2) is 19.2 Å². The standard InChI is InChI=1S/C13H8ClN3O4S/c14-8-1-3-9(4-2-8)15-13-11-6-5-10(17(18)19)7-12(11)22(20,21)16-13/h1-7H,(H,15,16). The van der Waals surface area contributed by atoms with E-state index >= 15 is 0 Å². The average Bonchev–Trinajstić information content (AvgIpc) is 2.72. The van der Waals surface area contributed by atoms with Gasteiger partial charge in [-0.3, -0.25) is 10.1 Å². The molecule has 0 atom stereocenters. The Morgan fingerprint density at radius 1 is 1.14 bits per heavy atom. The fourth-order valence-electron chi connectivity index (χ4n) is 2.01.